The number of aromatic nitrogens is 2. The second-order valence-electron chi connectivity index (χ2n) is 16.1. The first-order valence-electron chi connectivity index (χ1n) is 21.8. The smallest absolute Gasteiger partial charge is 0.341 e. The summed E-state index contributed by atoms with van der Waals surface area (Å²) in [5, 5.41) is 10.3. The Morgan fingerprint density at radius 2 is 1.15 bits per heavy atom. The molecule has 0 radical (unpaired) electrons. The minimum atomic E-state index is -0.398. The van der Waals surface area contributed by atoms with Crippen LogP contribution in [0.1, 0.15) is 100 Å². The van der Waals surface area contributed by atoms with Crippen molar-refractivity contribution in [1.82, 2.24) is 9.97 Å². The zero-order chi connectivity index (χ0) is 47.0. The Bertz CT molecular complexity index is 2480. The van der Waals surface area contributed by atoms with Crippen molar-refractivity contribution < 1.29 is 56.0 Å². The predicted octanol–water partition coefficient (Wildman–Crippen LogP) is 11.5. The quantitative estimate of drug-likeness (QED) is 0.0866. The lowest BCUT2D eigenvalue weighted by atomic mass is 9.94. The van der Waals surface area contributed by atoms with E-state index < -0.39 is 5.97 Å². The average molecular weight is 974 g/mol. The number of aliphatic hydroxyl groups excluding tert-OH is 1. The van der Waals surface area contributed by atoms with Crippen LogP contribution in [-0.2, 0) is 37.5 Å². The molecule has 0 saturated heterocycles. The van der Waals surface area contributed by atoms with Crippen molar-refractivity contribution in [1.29, 1.82) is 0 Å². The Hall–Kier alpha value is -5.74. The van der Waals surface area contributed by atoms with Crippen molar-refractivity contribution in [3.63, 3.8) is 0 Å². The molecule has 2 aliphatic carbocycles. The molecule has 2 fully saturated rings. The summed E-state index contributed by atoms with van der Waals surface area (Å²) in [6.07, 6.45) is 9.93. The average Bonchev–Trinajstić information content (AvgIpc) is 4.01. The third-order valence-electron chi connectivity index (χ3n) is 11.2. The van der Waals surface area contributed by atoms with Gasteiger partial charge in [0.05, 0.1) is 51.3 Å². The predicted molar refractivity (Wildman–Crippen MR) is 246 cm³/mol. The number of hydrogen-bond acceptors (Lipinski definition) is 12. The zero-order valence-electron chi connectivity index (χ0n) is 37.5. The number of halogens is 3. The first-order chi connectivity index (χ1) is 31.9. The first-order valence-corrected chi connectivity index (χ1v) is 23.0. The summed E-state index contributed by atoms with van der Waals surface area (Å²) in [5.41, 5.74) is 6.69. The number of carbonyl (C=O) groups is 2. The summed E-state index contributed by atoms with van der Waals surface area (Å²) in [6.45, 7) is 4.45. The van der Waals surface area contributed by atoms with E-state index in [9.17, 15) is 23.5 Å². The lowest BCUT2D eigenvalue weighted by molar-refractivity contribution is -0.0239. The van der Waals surface area contributed by atoms with E-state index in [1.807, 2.05) is 44.2 Å². The van der Waals surface area contributed by atoms with Crippen LogP contribution in [0.3, 0.4) is 0 Å². The summed E-state index contributed by atoms with van der Waals surface area (Å²) >= 11 is 3.33. The molecule has 6 aromatic rings. The van der Waals surface area contributed by atoms with Crippen molar-refractivity contribution in [3.05, 3.63) is 148 Å². The highest BCUT2D eigenvalue weighted by atomic mass is 79.9. The van der Waals surface area contributed by atoms with Crippen molar-refractivity contribution in [2.45, 2.75) is 108 Å². The van der Waals surface area contributed by atoms with Crippen LogP contribution in [-0.4, -0.2) is 65.6 Å². The molecule has 66 heavy (non-hydrogen) atoms. The molecule has 2 saturated carbocycles. The topological polar surface area (TPSA) is 153 Å². The minimum absolute atomic E-state index is 0.0195. The van der Waals surface area contributed by atoms with Gasteiger partial charge in [-0.1, -0.05) is 46.3 Å². The molecule has 2 heterocycles. The van der Waals surface area contributed by atoms with E-state index in [4.69, 9.17) is 32.5 Å². The van der Waals surface area contributed by atoms with Crippen LogP contribution >= 0.6 is 15.9 Å². The summed E-state index contributed by atoms with van der Waals surface area (Å²) < 4.78 is 64.5. The highest BCUT2D eigenvalue weighted by Crippen LogP contribution is 2.31. The molecule has 12 nitrogen and oxygen atoms in total. The Morgan fingerprint density at radius 1 is 0.667 bits per heavy atom. The highest BCUT2D eigenvalue weighted by Gasteiger charge is 2.27. The van der Waals surface area contributed by atoms with Crippen LogP contribution in [0.2, 0.25) is 0 Å². The summed E-state index contributed by atoms with van der Waals surface area (Å²) in [6, 6.07) is 23.3. The SMILES string of the molecule is COC(=O)c1c(C)cccc1CBr.COC(=O)c1c(C)cccc1OC1CCCC(OCc2coc(-c3ccc(F)cc3)n2)C1.OC1CCCC(OCc2coc(-c3ccc(F)cc3)n2)C1. The molecular formula is C51H55BrF2N2O10. The van der Waals surface area contributed by atoms with E-state index >= 15 is 0 Å². The van der Waals surface area contributed by atoms with Gasteiger partial charge in [0.1, 0.15) is 53.0 Å². The number of hydrogen-bond donors (Lipinski definition) is 1. The number of nitrogens with zero attached hydrogens (tertiary/aromatic N) is 2. The van der Waals surface area contributed by atoms with Crippen molar-refractivity contribution >= 4 is 27.9 Å². The largest absolute Gasteiger partial charge is 0.489 e. The second-order valence-corrected chi connectivity index (χ2v) is 16.6. The number of rotatable bonds is 13. The van der Waals surface area contributed by atoms with E-state index in [1.54, 1.807) is 42.9 Å². The Balaban J connectivity index is 0.000000181. The zero-order valence-corrected chi connectivity index (χ0v) is 39.1. The van der Waals surface area contributed by atoms with Crippen LogP contribution in [0.25, 0.3) is 22.9 Å². The van der Waals surface area contributed by atoms with Gasteiger partial charge >= 0.3 is 11.9 Å². The number of aliphatic hydroxyl groups is 1. The molecule has 0 aliphatic heterocycles. The van der Waals surface area contributed by atoms with Gasteiger partial charge in [0.2, 0.25) is 11.8 Å². The Kier molecular flexibility index (Phi) is 18.6. The standard InChI is InChI=1S/C25H26FNO5.C16H18FNO3.C10H11BrO2/c1-16-5-3-8-22(23(16)25(28)29-2)32-21-7-4-6-20(13-21)30-14-19-15-31-24(27-19)17-9-11-18(26)12-10-17;17-12-6-4-11(5-7-12)16-18-13(10-21-16)9-20-15-3-1-2-14(19)8-15;1-7-4-3-5-8(6-11)9(7)10(12)13-2/h3,5,8-12,15,20-21H,4,6-7,13-14H2,1-2H3;4-7,10,14-15,19H,1-3,8-9H2;3-5H,6H2,1-2H3. The Morgan fingerprint density at radius 3 is 1.68 bits per heavy atom. The fourth-order valence-corrected chi connectivity index (χ4v) is 8.22. The molecule has 0 amide bonds. The number of alkyl halides is 1. The van der Waals surface area contributed by atoms with Gasteiger partial charge in [0.25, 0.3) is 0 Å². The van der Waals surface area contributed by atoms with Crippen LogP contribution in [0.5, 0.6) is 5.75 Å². The maximum atomic E-state index is 13.1. The van der Waals surface area contributed by atoms with Crippen LogP contribution in [0.4, 0.5) is 8.78 Å². The molecule has 4 unspecified atom stereocenters. The summed E-state index contributed by atoms with van der Waals surface area (Å²) in [4.78, 5) is 32.3. The summed E-state index contributed by atoms with van der Waals surface area (Å²) in [7, 11) is 2.77. The number of carbonyl (C=O) groups excluding carboxylic acids is 2. The van der Waals surface area contributed by atoms with E-state index in [2.05, 4.69) is 25.9 Å². The number of oxazole rings is 2. The van der Waals surface area contributed by atoms with Gasteiger partial charge in [0.15, 0.2) is 0 Å². The van der Waals surface area contributed by atoms with Gasteiger partial charge in [-0.15, -0.1) is 0 Å². The normalized spacial score (nSPS) is 17.9. The molecule has 15 heteroatoms. The molecule has 4 aromatic carbocycles. The molecule has 0 spiro atoms. The number of aryl methyl sites for hydroxylation is 2. The number of benzene rings is 4. The molecule has 2 aliphatic rings. The van der Waals surface area contributed by atoms with E-state index in [0.717, 1.165) is 67.2 Å². The van der Waals surface area contributed by atoms with E-state index in [1.165, 1.54) is 38.5 Å². The van der Waals surface area contributed by atoms with Gasteiger partial charge in [-0.25, -0.2) is 28.3 Å². The third kappa shape index (κ3) is 14.1. The van der Waals surface area contributed by atoms with E-state index in [0.29, 0.717) is 70.6 Å². The van der Waals surface area contributed by atoms with Crippen LogP contribution < -0.4 is 4.74 Å². The monoisotopic (exact) mass is 972 g/mol. The molecule has 0 bridgehead atoms. The van der Waals surface area contributed by atoms with Gasteiger partial charge in [0, 0.05) is 22.9 Å². The van der Waals surface area contributed by atoms with Gasteiger partial charge in [-0.2, -0.15) is 0 Å². The molecule has 2 aromatic heterocycles. The molecular weight excluding hydrogens is 918 g/mol. The first kappa shape index (κ1) is 49.7. The number of esters is 2. The second kappa shape index (κ2) is 24.7. The van der Waals surface area contributed by atoms with Crippen LogP contribution in [0.15, 0.2) is 106 Å². The molecule has 4 atom stereocenters. The van der Waals surface area contributed by atoms with Crippen molar-refractivity contribution in [2.75, 3.05) is 14.2 Å². The Labute approximate surface area is 391 Å². The third-order valence-corrected chi connectivity index (χ3v) is 11.8. The molecule has 8 rings (SSSR count). The highest BCUT2D eigenvalue weighted by molar-refractivity contribution is 9.08. The van der Waals surface area contributed by atoms with Gasteiger partial charge in [-0.3, -0.25) is 0 Å². The minimum Gasteiger partial charge on any atom is -0.489 e. The number of methoxy groups -OCH3 is 2. The number of ether oxygens (including phenoxy) is 5. The van der Waals surface area contributed by atoms with Crippen LogP contribution in [0, 0.1) is 25.5 Å². The maximum Gasteiger partial charge on any atom is 0.341 e. The fourth-order valence-electron chi connectivity index (χ4n) is 7.75. The van der Waals surface area contributed by atoms with E-state index in [-0.39, 0.29) is 42.0 Å². The van der Waals surface area contributed by atoms with Crippen molar-refractivity contribution in [2.24, 2.45) is 0 Å². The summed E-state index contributed by atoms with van der Waals surface area (Å²) in [5.74, 6) is 0.174. The lowest BCUT2D eigenvalue weighted by Crippen LogP contribution is -2.30. The van der Waals surface area contributed by atoms with Gasteiger partial charge < -0.3 is 37.6 Å². The van der Waals surface area contributed by atoms with Crippen molar-refractivity contribution in [3.8, 4) is 28.7 Å². The maximum absolute atomic E-state index is 13.1. The molecule has 1 N–H and O–H groups in total. The fraction of sp³-hybridized carbons (Fsp3) is 0.373. The molecule has 350 valence electrons. The van der Waals surface area contributed by atoms with Gasteiger partial charge in [-0.05, 0) is 130 Å². The lowest BCUT2D eigenvalue weighted by Gasteiger charge is -2.30.